The molecule has 0 aromatic carbocycles. The summed E-state index contributed by atoms with van der Waals surface area (Å²) in [5.41, 5.74) is -2.30. The predicted octanol–water partition coefficient (Wildman–Crippen LogP) is 1.45. The number of hydrogen-bond acceptors (Lipinski definition) is 9. The van der Waals surface area contributed by atoms with Gasteiger partial charge in [0.25, 0.3) is 5.56 Å². The van der Waals surface area contributed by atoms with Crippen molar-refractivity contribution in [2.45, 2.75) is 52.5 Å². The molecular weight excluding hydrogens is 507 g/mol. The Hall–Kier alpha value is -0.950. The molecule has 1 aliphatic rings. The first-order valence-corrected chi connectivity index (χ1v) is 14.2. The first kappa shape index (κ1) is 28.3. The monoisotopic (exact) mass is 535 g/mol. The van der Waals surface area contributed by atoms with E-state index in [0.29, 0.717) is 0 Å². The largest absolute Gasteiger partial charge is 0.489 e. The Bertz CT molecular complexity index is 1110. The van der Waals surface area contributed by atoms with Gasteiger partial charge in [0.05, 0.1) is 12.7 Å². The summed E-state index contributed by atoms with van der Waals surface area (Å²) in [6, 6.07) is 1.13. The molecule has 2 rings (SSSR count). The number of hydrogen-bond donors (Lipinski definition) is 5. The highest BCUT2D eigenvalue weighted by molar-refractivity contribution is 7.67. The molecule has 0 bridgehead atoms. The van der Waals surface area contributed by atoms with Crippen molar-refractivity contribution in [2.24, 2.45) is 11.8 Å². The van der Waals surface area contributed by atoms with Crippen molar-refractivity contribution in [2.75, 3.05) is 6.61 Å². The van der Waals surface area contributed by atoms with Crippen LogP contribution in [-0.4, -0.2) is 42.5 Å². The Morgan fingerprint density at radius 2 is 1.70 bits per heavy atom. The van der Waals surface area contributed by atoms with Crippen molar-refractivity contribution in [3.8, 4) is 0 Å². The summed E-state index contributed by atoms with van der Waals surface area (Å²) in [6.07, 6.45) is -0.428. The van der Waals surface area contributed by atoms with Crippen LogP contribution in [-0.2, 0) is 31.6 Å². The molecule has 33 heavy (non-hydrogen) atoms. The average Bonchev–Trinajstić information content (AvgIpc) is 2.84. The summed E-state index contributed by atoms with van der Waals surface area (Å²) >= 11 is 0. The van der Waals surface area contributed by atoms with Gasteiger partial charge in [-0.2, -0.15) is 8.62 Å². The van der Waals surface area contributed by atoms with E-state index >= 15 is 0 Å². The Balaban J connectivity index is 2.03. The van der Waals surface area contributed by atoms with E-state index in [1.165, 1.54) is 27.0 Å². The van der Waals surface area contributed by atoms with E-state index in [1.807, 2.05) is 5.09 Å². The Morgan fingerprint density at radius 1 is 1.09 bits per heavy atom. The highest BCUT2D eigenvalue weighted by Crippen LogP contribution is 2.66. The summed E-state index contributed by atoms with van der Waals surface area (Å²) < 4.78 is 55.9. The fourth-order valence-corrected chi connectivity index (χ4v) is 7.17. The molecule has 18 heteroatoms. The van der Waals surface area contributed by atoms with E-state index in [9.17, 15) is 38.0 Å². The maximum atomic E-state index is 12.1. The zero-order valence-corrected chi connectivity index (χ0v) is 21.2. The minimum Gasteiger partial charge on any atom is -0.352 e. The van der Waals surface area contributed by atoms with Gasteiger partial charge in [-0.1, -0.05) is 13.8 Å². The first-order valence-electron chi connectivity index (χ1n) is 9.63. The molecule has 0 aliphatic carbocycles. The van der Waals surface area contributed by atoms with E-state index in [2.05, 4.69) is 13.6 Å². The number of aromatic amines is 1. The summed E-state index contributed by atoms with van der Waals surface area (Å²) in [4.78, 5) is 54.5. The van der Waals surface area contributed by atoms with Gasteiger partial charge in [0, 0.05) is 23.7 Å². The quantitative estimate of drug-likeness (QED) is 0.283. The molecule has 1 aliphatic heterocycles. The number of H-pyrrole nitrogens is 1. The number of ether oxygens (including phenoxy) is 1. The second kappa shape index (κ2) is 9.96. The van der Waals surface area contributed by atoms with Gasteiger partial charge in [-0.15, -0.1) is 0 Å². The molecule has 7 atom stereocenters. The van der Waals surface area contributed by atoms with Gasteiger partial charge in [-0.05, 0) is 26.7 Å². The van der Waals surface area contributed by atoms with Crippen molar-refractivity contribution in [3.63, 3.8) is 0 Å². The van der Waals surface area contributed by atoms with E-state index in [1.54, 1.807) is 13.8 Å². The van der Waals surface area contributed by atoms with Gasteiger partial charge in [0.2, 0.25) is 0 Å². The minimum absolute atomic E-state index is 0.294. The molecule has 15 nitrogen and oxygen atoms in total. The minimum atomic E-state index is -5.52. The van der Waals surface area contributed by atoms with Crippen LogP contribution in [0.1, 0.15) is 40.8 Å². The van der Waals surface area contributed by atoms with E-state index < -0.39 is 59.1 Å². The summed E-state index contributed by atoms with van der Waals surface area (Å²) in [5.74, 6) is -0.614. The zero-order chi connectivity index (χ0) is 25.4. The van der Waals surface area contributed by atoms with Gasteiger partial charge in [-0.25, -0.2) is 23.6 Å². The van der Waals surface area contributed by atoms with Crippen LogP contribution in [0.15, 0.2) is 21.9 Å². The lowest BCUT2D eigenvalue weighted by Gasteiger charge is -2.25. The fourth-order valence-electron chi connectivity index (χ4n) is 3.08. The van der Waals surface area contributed by atoms with Gasteiger partial charge in [0.15, 0.2) is 0 Å². The molecule has 5 N–H and O–H groups in total. The molecule has 1 fully saturated rings. The summed E-state index contributed by atoms with van der Waals surface area (Å²) in [7, 11) is -15.7. The zero-order valence-electron chi connectivity index (χ0n) is 18.5. The fraction of sp³-hybridized carbons (Fsp3) is 0.733. The number of rotatable bonds is 9. The van der Waals surface area contributed by atoms with Crippen LogP contribution in [0.4, 0.5) is 0 Å². The Kier molecular flexibility index (Phi) is 8.54. The second-order valence-corrected chi connectivity index (χ2v) is 13.3. The average molecular weight is 535 g/mol. The predicted molar refractivity (Wildman–Crippen MR) is 114 cm³/mol. The van der Waals surface area contributed by atoms with Gasteiger partial charge in [-0.3, -0.25) is 18.9 Å². The highest BCUT2D eigenvalue weighted by atomic mass is 31.3. The molecule has 0 saturated carbocycles. The third-order valence-electron chi connectivity index (χ3n) is 4.60. The molecule has 2 heterocycles. The van der Waals surface area contributed by atoms with Gasteiger partial charge < -0.3 is 19.4 Å². The first-order chi connectivity index (χ1) is 14.8. The molecule has 1 saturated heterocycles. The molecule has 4 unspecified atom stereocenters. The van der Waals surface area contributed by atoms with Crippen LogP contribution in [0.25, 0.3) is 0 Å². The second-order valence-electron chi connectivity index (χ2n) is 8.58. The van der Waals surface area contributed by atoms with Gasteiger partial charge >= 0.3 is 29.1 Å². The number of nitrogens with one attached hydrogen (secondary N) is 2. The standard InChI is InChI=1S/C15H28N3O12P3/c1-9-10(2)13(18-7-6-12(19)16-14(18)20)28-11(9)8-27-32(23,24)30-33(25,26)29-31(21,22)17-15(3,4)5/h6-7,9-11,13H,8H2,1-5H3,(H,23,24)(H,25,26)(H,16,19,20)(H2,17,21,22)/t9-,10?,11-,13-/m1/s1. The normalized spacial score (nSPS) is 29.2. The smallest absolute Gasteiger partial charge is 0.352 e. The van der Waals surface area contributed by atoms with E-state index in [-0.39, 0.29) is 11.8 Å². The lowest BCUT2D eigenvalue weighted by Crippen LogP contribution is -2.33. The van der Waals surface area contributed by atoms with Crippen LogP contribution < -0.4 is 16.3 Å². The molecular formula is C15H28N3O12P3. The highest BCUT2D eigenvalue weighted by Gasteiger charge is 2.45. The van der Waals surface area contributed by atoms with E-state index in [0.717, 1.165) is 10.6 Å². The number of phosphoric ester groups is 1. The number of nitrogens with zero attached hydrogens (tertiary/aromatic N) is 1. The molecule has 0 amide bonds. The van der Waals surface area contributed by atoms with Crippen LogP contribution in [0.3, 0.4) is 0 Å². The van der Waals surface area contributed by atoms with Crippen LogP contribution >= 0.6 is 23.4 Å². The van der Waals surface area contributed by atoms with Gasteiger partial charge in [0.1, 0.15) is 6.23 Å². The third kappa shape index (κ3) is 8.34. The topological polar surface area (TPSA) is 216 Å². The van der Waals surface area contributed by atoms with Crippen molar-refractivity contribution in [1.82, 2.24) is 14.6 Å². The molecule has 1 aromatic rings. The molecule has 0 spiro atoms. The number of phosphoric acid groups is 2. The maximum Gasteiger partial charge on any atom is 0.489 e. The SMILES string of the molecule is CC1[C@@H](C)[C@@H](COP(=O)(O)OP(=O)(O)OP(=O)(O)NC(C)(C)C)O[C@H]1n1ccc(=O)[nH]c1=O. The maximum absolute atomic E-state index is 12.1. The summed E-state index contributed by atoms with van der Waals surface area (Å²) in [6.45, 7) is 7.30. The van der Waals surface area contributed by atoms with Crippen molar-refractivity contribution in [3.05, 3.63) is 33.1 Å². The van der Waals surface area contributed by atoms with Crippen LogP contribution in [0, 0.1) is 11.8 Å². The molecule has 0 radical (unpaired) electrons. The van der Waals surface area contributed by atoms with Crippen LogP contribution in [0.5, 0.6) is 0 Å². The lowest BCUT2D eigenvalue weighted by atomic mass is 9.93. The van der Waals surface area contributed by atoms with Crippen molar-refractivity contribution in [1.29, 1.82) is 0 Å². The Labute approximate surface area is 188 Å². The number of aromatic nitrogens is 2. The van der Waals surface area contributed by atoms with Crippen molar-refractivity contribution < 1.29 is 46.3 Å². The molecule has 1 aromatic heterocycles. The lowest BCUT2D eigenvalue weighted by molar-refractivity contribution is -0.0370. The van der Waals surface area contributed by atoms with Crippen molar-refractivity contribution >= 4 is 23.4 Å². The molecule has 190 valence electrons. The third-order valence-corrected chi connectivity index (χ3v) is 9.39. The Morgan fingerprint density at radius 3 is 2.24 bits per heavy atom. The summed E-state index contributed by atoms with van der Waals surface area (Å²) in [5, 5.41) is 2.05. The van der Waals surface area contributed by atoms with Crippen LogP contribution in [0.2, 0.25) is 0 Å². The van der Waals surface area contributed by atoms with E-state index in [4.69, 9.17) is 9.26 Å².